The fraction of sp³-hybridized carbons (Fsp3) is 0.368. The summed E-state index contributed by atoms with van der Waals surface area (Å²) >= 11 is 1.35. The smallest absolute Gasteiger partial charge is 0.416 e. The van der Waals surface area contributed by atoms with Crippen LogP contribution in [0.3, 0.4) is 0 Å². The van der Waals surface area contributed by atoms with Crippen molar-refractivity contribution in [3.05, 3.63) is 62.9 Å². The standard InChI is InChI=1S/C19H16F3NO3S/c20-19(21,22)13-3-1-2-10(7-13)6-12-8-15(24)23-14(18(25)26)9-27-17(23)16(12)11-4-5-11/h1-3,7-8,11,14H,4-6,9H2,(H,25,26)/t14-/m0/s1. The molecule has 4 rings (SSSR count). The Morgan fingerprint density at radius 2 is 2.00 bits per heavy atom. The van der Waals surface area contributed by atoms with Gasteiger partial charge in [-0.25, -0.2) is 4.79 Å². The van der Waals surface area contributed by atoms with E-state index in [0.29, 0.717) is 16.2 Å². The van der Waals surface area contributed by atoms with Gasteiger partial charge in [0.1, 0.15) is 6.04 Å². The van der Waals surface area contributed by atoms with Crippen molar-refractivity contribution in [2.75, 3.05) is 5.75 Å². The molecule has 0 saturated heterocycles. The molecule has 2 aromatic rings. The zero-order valence-corrected chi connectivity index (χ0v) is 14.9. The molecule has 1 saturated carbocycles. The number of alkyl halides is 3. The lowest BCUT2D eigenvalue weighted by Gasteiger charge is -2.16. The van der Waals surface area contributed by atoms with Crippen molar-refractivity contribution < 1.29 is 23.1 Å². The molecule has 0 amide bonds. The summed E-state index contributed by atoms with van der Waals surface area (Å²) in [6.45, 7) is 0. The quantitative estimate of drug-likeness (QED) is 0.848. The Labute approximate surface area is 157 Å². The van der Waals surface area contributed by atoms with E-state index < -0.39 is 29.3 Å². The van der Waals surface area contributed by atoms with Crippen LogP contribution in [-0.4, -0.2) is 21.4 Å². The highest BCUT2D eigenvalue weighted by Crippen LogP contribution is 2.48. The molecule has 4 nitrogen and oxygen atoms in total. The average Bonchev–Trinajstić information content (AvgIpc) is 3.31. The van der Waals surface area contributed by atoms with Crippen LogP contribution in [0.5, 0.6) is 0 Å². The monoisotopic (exact) mass is 395 g/mol. The van der Waals surface area contributed by atoms with Gasteiger partial charge in [0, 0.05) is 11.8 Å². The van der Waals surface area contributed by atoms with Crippen LogP contribution < -0.4 is 5.56 Å². The van der Waals surface area contributed by atoms with Crippen LogP contribution >= 0.6 is 11.8 Å². The summed E-state index contributed by atoms with van der Waals surface area (Å²) in [4.78, 5) is 24.0. The van der Waals surface area contributed by atoms with Crippen molar-refractivity contribution in [1.29, 1.82) is 0 Å². The van der Waals surface area contributed by atoms with E-state index in [0.717, 1.165) is 30.5 Å². The molecule has 0 radical (unpaired) electrons. The maximum absolute atomic E-state index is 13.0. The van der Waals surface area contributed by atoms with Crippen molar-refractivity contribution >= 4 is 17.7 Å². The Morgan fingerprint density at radius 1 is 1.26 bits per heavy atom. The second-order valence-electron chi connectivity index (χ2n) is 6.91. The third-order valence-corrected chi connectivity index (χ3v) is 6.11. The van der Waals surface area contributed by atoms with Gasteiger partial charge in [0.2, 0.25) is 0 Å². The van der Waals surface area contributed by atoms with Crippen LogP contribution in [0.25, 0.3) is 0 Å². The Hall–Kier alpha value is -2.22. The maximum atomic E-state index is 13.0. The van der Waals surface area contributed by atoms with Gasteiger partial charge in [-0.15, -0.1) is 11.8 Å². The Morgan fingerprint density at radius 3 is 2.63 bits per heavy atom. The molecule has 1 aliphatic carbocycles. The molecule has 2 heterocycles. The van der Waals surface area contributed by atoms with Crippen LogP contribution in [-0.2, 0) is 17.4 Å². The molecule has 0 bridgehead atoms. The van der Waals surface area contributed by atoms with Crippen LogP contribution in [0.2, 0.25) is 0 Å². The van der Waals surface area contributed by atoms with Crippen LogP contribution in [0.15, 0.2) is 40.2 Å². The molecule has 0 spiro atoms. The van der Waals surface area contributed by atoms with Gasteiger partial charge in [-0.05, 0) is 47.9 Å². The van der Waals surface area contributed by atoms with Gasteiger partial charge in [-0.2, -0.15) is 13.2 Å². The second-order valence-corrected chi connectivity index (χ2v) is 7.92. The molecule has 1 aliphatic heterocycles. The highest BCUT2D eigenvalue weighted by atomic mass is 32.2. The van der Waals surface area contributed by atoms with Crippen LogP contribution in [0.4, 0.5) is 13.2 Å². The van der Waals surface area contributed by atoms with Gasteiger partial charge < -0.3 is 5.11 Å². The van der Waals surface area contributed by atoms with Crippen molar-refractivity contribution in [2.45, 2.75) is 42.4 Å². The predicted molar refractivity (Wildman–Crippen MR) is 94.3 cm³/mol. The van der Waals surface area contributed by atoms with E-state index in [1.807, 2.05) is 0 Å². The van der Waals surface area contributed by atoms with Crippen LogP contribution in [0, 0.1) is 0 Å². The molecule has 1 aromatic heterocycles. The van der Waals surface area contributed by atoms with Gasteiger partial charge in [0.15, 0.2) is 0 Å². The highest BCUT2D eigenvalue weighted by Gasteiger charge is 2.37. The summed E-state index contributed by atoms with van der Waals surface area (Å²) in [6.07, 6.45) is -2.31. The molecular weight excluding hydrogens is 379 g/mol. The van der Waals surface area contributed by atoms with Gasteiger partial charge in [-0.3, -0.25) is 9.36 Å². The molecule has 0 unspecified atom stereocenters. The van der Waals surface area contributed by atoms with Crippen molar-refractivity contribution in [3.8, 4) is 0 Å². The zero-order chi connectivity index (χ0) is 19.3. The lowest BCUT2D eigenvalue weighted by Crippen LogP contribution is -2.29. The molecule has 142 valence electrons. The molecular formula is C19H16F3NO3S. The number of pyridine rings is 1. The first-order chi connectivity index (χ1) is 12.8. The largest absolute Gasteiger partial charge is 0.480 e. The van der Waals surface area contributed by atoms with Crippen molar-refractivity contribution in [1.82, 2.24) is 4.57 Å². The van der Waals surface area contributed by atoms with Gasteiger partial charge >= 0.3 is 12.1 Å². The summed E-state index contributed by atoms with van der Waals surface area (Å²) in [5.41, 5.74) is 0.987. The maximum Gasteiger partial charge on any atom is 0.416 e. The minimum atomic E-state index is -4.42. The number of carboxylic acid groups (broad SMARTS) is 1. The number of thioether (sulfide) groups is 1. The normalized spacial score (nSPS) is 19.1. The first-order valence-corrected chi connectivity index (χ1v) is 9.54. The van der Waals surface area contributed by atoms with E-state index in [2.05, 4.69) is 0 Å². The van der Waals surface area contributed by atoms with Crippen LogP contribution in [0.1, 0.15) is 47.1 Å². The summed E-state index contributed by atoms with van der Waals surface area (Å²) in [6, 6.07) is 5.62. The first-order valence-electron chi connectivity index (χ1n) is 8.55. The number of hydrogen-bond acceptors (Lipinski definition) is 3. The SMILES string of the molecule is O=C(O)[C@@H]1CSc2c(C3CC3)c(Cc3cccc(C(F)(F)F)c3)cc(=O)n21. The van der Waals surface area contributed by atoms with E-state index in [1.54, 1.807) is 6.07 Å². The summed E-state index contributed by atoms with van der Waals surface area (Å²) in [5, 5.41) is 10.0. The molecule has 1 N–H and O–H groups in total. The summed E-state index contributed by atoms with van der Waals surface area (Å²) < 4.78 is 40.3. The molecule has 1 atom stereocenters. The lowest BCUT2D eigenvalue weighted by atomic mass is 9.97. The molecule has 1 fully saturated rings. The number of rotatable bonds is 4. The third-order valence-electron chi connectivity index (χ3n) is 4.94. The topological polar surface area (TPSA) is 59.3 Å². The third kappa shape index (κ3) is 3.38. The minimum absolute atomic E-state index is 0.219. The number of carbonyl (C=O) groups is 1. The van der Waals surface area contributed by atoms with Gasteiger partial charge in [-0.1, -0.05) is 18.2 Å². The fourth-order valence-electron chi connectivity index (χ4n) is 3.55. The highest BCUT2D eigenvalue weighted by molar-refractivity contribution is 7.99. The number of fused-ring (bicyclic) bond motifs is 1. The number of aliphatic carboxylic acids is 1. The average molecular weight is 395 g/mol. The molecule has 2 aliphatic rings. The van der Waals surface area contributed by atoms with Gasteiger partial charge in [0.25, 0.3) is 5.56 Å². The van der Waals surface area contributed by atoms with E-state index in [-0.39, 0.29) is 18.1 Å². The van der Waals surface area contributed by atoms with E-state index in [4.69, 9.17) is 0 Å². The molecule has 1 aromatic carbocycles. The number of carboxylic acids is 1. The summed E-state index contributed by atoms with van der Waals surface area (Å²) in [5.74, 6) is -0.513. The zero-order valence-electron chi connectivity index (χ0n) is 14.1. The number of benzene rings is 1. The minimum Gasteiger partial charge on any atom is -0.480 e. The molecule has 27 heavy (non-hydrogen) atoms. The second kappa shape index (κ2) is 6.44. The number of hydrogen-bond donors (Lipinski definition) is 1. The molecule has 8 heteroatoms. The number of nitrogens with zero attached hydrogens (tertiary/aromatic N) is 1. The lowest BCUT2D eigenvalue weighted by molar-refractivity contribution is -0.140. The fourth-order valence-corrected chi connectivity index (χ4v) is 4.97. The Kier molecular flexibility index (Phi) is 4.33. The first kappa shape index (κ1) is 18.2. The van der Waals surface area contributed by atoms with E-state index in [1.165, 1.54) is 28.5 Å². The van der Waals surface area contributed by atoms with Gasteiger partial charge in [0.05, 0.1) is 10.6 Å². The van der Waals surface area contributed by atoms with E-state index >= 15 is 0 Å². The van der Waals surface area contributed by atoms with Crippen molar-refractivity contribution in [2.24, 2.45) is 0 Å². The Bertz CT molecular complexity index is 979. The van der Waals surface area contributed by atoms with Crippen molar-refractivity contribution in [3.63, 3.8) is 0 Å². The van der Waals surface area contributed by atoms with E-state index in [9.17, 15) is 27.9 Å². The Balaban J connectivity index is 1.78. The summed E-state index contributed by atoms with van der Waals surface area (Å²) in [7, 11) is 0. The number of halogens is 3. The predicted octanol–water partition coefficient (Wildman–Crippen LogP) is 4.07. The number of aromatic nitrogens is 1.